The molecule has 9 heteroatoms. The van der Waals surface area contributed by atoms with Crippen LogP contribution in [0, 0.1) is 0 Å². The molecule has 4 N–H and O–H groups in total. The first-order chi connectivity index (χ1) is 13.7. The zero-order chi connectivity index (χ0) is 21.4. The van der Waals surface area contributed by atoms with E-state index in [1.54, 1.807) is 7.05 Å². The van der Waals surface area contributed by atoms with E-state index in [1.165, 1.54) is 23.1 Å². The van der Waals surface area contributed by atoms with E-state index in [2.05, 4.69) is 15.6 Å². The van der Waals surface area contributed by atoms with Crippen molar-refractivity contribution in [3.8, 4) is 0 Å². The van der Waals surface area contributed by atoms with Gasteiger partial charge in [-0.25, -0.2) is 9.78 Å². The van der Waals surface area contributed by atoms with Crippen molar-refractivity contribution in [1.29, 1.82) is 0 Å². The molecule has 0 fully saturated rings. The first-order valence-corrected chi connectivity index (χ1v) is 10.7. The third kappa shape index (κ3) is 7.52. The number of alkyl carbamates (subject to hydrolysis) is 1. The van der Waals surface area contributed by atoms with Crippen molar-refractivity contribution in [1.82, 2.24) is 15.6 Å². The minimum atomic E-state index is -0.542. The molecule has 0 bridgehead atoms. The van der Waals surface area contributed by atoms with Crippen LogP contribution < -0.4 is 16.4 Å². The number of nitrogens with zero attached hydrogens (tertiary/aromatic N) is 1. The molecule has 2 rings (SSSR count). The number of nitrogens with one attached hydrogen (secondary N) is 2. The maximum absolute atomic E-state index is 11.8. The number of aromatic nitrogens is 1. The quantitative estimate of drug-likeness (QED) is 0.545. The normalized spacial score (nSPS) is 11.8. The zero-order valence-corrected chi connectivity index (χ0v) is 18.6. The highest BCUT2D eigenvalue weighted by Gasteiger charge is 2.16. The zero-order valence-electron chi connectivity index (χ0n) is 16.9. The molecule has 156 valence electrons. The van der Waals surface area contributed by atoms with Gasteiger partial charge in [0.25, 0.3) is 0 Å². The van der Waals surface area contributed by atoms with E-state index in [-0.39, 0.29) is 0 Å². The maximum atomic E-state index is 11.8. The van der Waals surface area contributed by atoms with E-state index in [4.69, 9.17) is 10.5 Å². The van der Waals surface area contributed by atoms with Gasteiger partial charge in [0.2, 0.25) is 0 Å². The summed E-state index contributed by atoms with van der Waals surface area (Å²) in [6, 6.07) is 5.60. The second-order valence-corrected chi connectivity index (χ2v) is 9.14. The van der Waals surface area contributed by atoms with E-state index in [0.29, 0.717) is 18.7 Å². The number of amides is 1. The minimum Gasteiger partial charge on any atom is -0.444 e. The minimum absolute atomic E-state index is 0.294. The van der Waals surface area contributed by atoms with E-state index < -0.39 is 11.7 Å². The summed E-state index contributed by atoms with van der Waals surface area (Å²) >= 11 is 2.90. The Labute approximate surface area is 179 Å². The van der Waals surface area contributed by atoms with E-state index in [0.717, 1.165) is 32.4 Å². The van der Waals surface area contributed by atoms with Gasteiger partial charge in [-0.15, -0.1) is 11.3 Å². The van der Waals surface area contributed by atoms with Crippen LogP contribution in [0.3, 0.4) is 0 Å². The number of nitrogens with two attached hydrogens (primary N) is 1. The van der Waals surface area contributed by atoms with Crippen molar-refractivity contribution in [3.05, 3.63) is 45.9 Å². The van der Waals surface area contributed by atoms with Gasteiger partial charge in [-0.1, -0.05) is 11.8 Å². The standard InChI is InChI=1S/C20H26N4O3S2/c1-20(2,3)27-19(26)23-10-17-24-18(12-28-17)29-16-6-13(11-25)5-14(7-16)15(8-21)9-22-4/h5-7,9,11-12,22H,8,10,21H2,1-4H3,(H,23,26)/b15-9+. The molecule has 0 aliphatic heterocycles. The van der Waals surface area contributed by atoms with Crippen molar-refractivity contribution >= 4 is 41.1 Å². The number of benzene rings is 1. The summed E-state index contributed by atoms with van der Waals surface area (Å²) < 4.78 is 5.22. The molecule has 0 spiro atoms. The van der Waals surface area contributed by atoms with Crippen molar-refractivity contribution in [2.75, 3.05) is 13.6 Å². The van der Waals surface area contributed by atoms with Crippen molar-refractivity contribution in [2.24, 2.45) is 5.73 Å². The summed E-state index contributed by atoms with van der Waals surface area (Å²) in [6.07, 6.45) is 2.16. The highest BCUT2D eigenvalue weighted by atomic mass is 32.2. The first kappa shape index (κ1) is 22.9. The van der Waals surface area contributed by atoms with Crippen LogP contribution in [0.25, 0.3) is 5.57 Å². The molecule has 0 unspecified atom stereocenters. The Morgan fingerprint density at radius 2 is 2.10 bits per heavy atom. The van der Waals surface area contributed by atoms with Crippen LogP contribution in [-0.4, -0.2) is 36.6 Å². The lowest BCUT2D eigenvalue weighted by Crippen LogP contribution is -2.32. The number of ether oxygens (including phenoxy) is 1. The van der Waals surface area contributed by atoms with E-state index in [9.17, 15) is 9.59 Å². The topological polar surface area (TPSA) is 106 Å². The molecular formula is C20H26N4O3S2. The molecule has 0 atom stereocenters. The van der Waals surface area contributed by atoms with E-state index in [1.807, 2.05) is 50.6 Å². The molecule has 2 aromatic rings. The van der Waals surface area contributed by atoms with Crippen molar-refractivity contribution in [3.63, 3.8) is 0 Å². The largest absolute Gasteiger partial charge is 0.444 e. The van der Waals surface area contributed by atoms with Crippen LogP contribution in [0.5, 0.6) is 0 Å². The number of rotatable bonds is 8. The number of aldehydes is 1. The van der Waals surface area contributed by atoms with Crippen LogP contribution in [0.2, 0.25) is 0 Å². The smallest absolute Gasteiger partial charge is 0.408 e. The van der Waals surface area contributed by atoms with Crippen molar-refractivity contribution in [2.45, 2.75) is 42.8 Å². The fourth-order valence-corrected chi connectivity index (χ4v) is 4.14. The van der Waals surface area contributed by atoms with Gasteiger partial charge in [-0.05, 0) is 50.1 Å². The molecule has 0 aliphatic carbocycles. The Morgan fingerprint density at radius 1 is 1.34 bits per heavy atom. The van der Waals surface area contributed by atoms with Crippen LogP contribution in [0.15, 0.2) is 39.7 Å². The van der Waals surface area contributed by atoms with Crippen molar-refractivity contribution < 1.29 is 14.3 Å². The van der Waals surface area contributed by atoms with Gasteiger partial charge in [-0.3, -0.25) is 4.79 Å². The molecule has 1 aromatic heterocycles. The Kier molecular flexibility index (Phi) is 8.24. The van der Waals surface area contributed by atoms with Gasteiger partial charge in [0.15, 0.2) is 0 Å². The molecule has 29 heavy (non-hydrogen) atoms. The van der Waals surface area contributed by atoms with E-state index >= 15 is 0 Å². The Bertz CT molecular complexity index is 888. The molecule has 0 saturated heterocycles. The average molecular weight is 435 g/mol. The van der Waals surface area contributed by atoms with Gasteiger partial charge >= 0.3 is 6.09 Å². The summed E-state index contributed by atoms with van der Waals surface area (Å²) in [5.41, 5.74) is 7.64. The molecule has 0 aliphatic rings. The van der Waals surface area contributed by atoms with Gasteiger partial charge < -0.3 is 21.1 Å². The monoisotopic (exact) mass is 434 g/mol. The van der Waals surface area contributed by atoms with Gasteiger partial charge in [0.1, 0.15) is 21.9 Å². The third-order valence-electron chi connectivity index (χ3n) is 3.51. The molecule has 0 saturated carbocycles. The second-order valence-electron chi connectivity index (χ2n) is 7.11. The second kappa shape index (κ2) is 10.4. The van der Waals surface area contributed by atoms with Crippen LogP contribution in [0.1, 0.15) is 41.7 Å². The number of carbonyl (C=O) groups excluding carboxylic acids is 2. The summed E-state index contributed by atoms with van der Waals surface area (Å²) in [4.78, 5) is 28.5. The maximum Gasteiger partial charge on any atom is 0.408 e. The molecule has 7 nitrogen and oxygen atoms in total. The lowest BCUT2D eigenvalue weighted by molar-refractivity contribution is 0.0523. The number of hydrogen-bond donors (Lipinski definition) is 3. The first-order valence-electron chi connectivity index (χ1n) is 9.00. The predicted octanol–water partition coefficient (Wildman–Crippen LogP) is 3.65. The lowest BCUT2D eigenvalue weighted by Gasteiger charge is -2.19. The molecule has 1 aromatic carbocycles. The number of carbonyl (C=O) groups is 2. The van der Waals surface area contributed by atoms with Crippen LogP contribution in [0.4, 0.5) is 4.79 Å². The summed E-state index contributed by atoms with van der Waals surface area (Å²) in [5.74, 6) is 0. The predicted molar refractivity (Wildman–Crippen MR) is 117 cm³/mol. The summed E-state index contributed by atoms with van der Waals surface area (Å²) in [5, 5.41) is 9.14. The summed E-state index contributed by atoms with van der Waals surface area (Å²) in [7, 11) is 1.80. The highest BCUT2D eigenvalue weighted by Crippen LogP contribution is 2.31. The fraction of sp³-hybridized carbons (Fsp3) is 0.350. The Hall–Kier alpha value is -2.36. The van der Waals surface area contributed by atoms with Crippen LogP contribution in [-0.2, 0) is 11.3 Å². The number of hydrogen-bond acceptors (Lipinski definition) is 8. The molecule has 1 amide bonds. The lowest BCUT2D eigenvalue weighted by atomic mass is 10.0. The highest BCUT2D eigenvalue weighted by molar-refractivity contribution is 7.99. The summed E-state index contributed by atoms with van der Waals surface area (Å²) in [6.45, 7) is 6.09. The van der Waals surface area contributed by atoms with Gasteiger partial charge in [-0.2, -0.15) is 0 Å². The molecule has 0 radical (unpaired) electrons. The Morgan fingerprint density at radius 3 is 2.72 bits per heavy atom. The Balaban J connectivity index is 2.09. The van der Waals surface area contributed by atoms with Crippen LogP contribution >= 0.6 is 23.1 Å². The fourth-order valence-electron chi connectivity index (χ4n) is 2.37. The molecular weight excluding hydrogens is 408 g/mol. The third-order valence-corrected chi connectivity index (χ3v) is 5.40. The SMILES string of the molecule is CN/C=C(\CN)c1cc(C=O)cc(Sc2csc(CNC(=O)OC(C)(C)C)n2)c1. The average Bonchev–Trinajstić information content (AvgIpc) is 3.10. The molecule has 1 heterocycles. The number of thiazole rings is 1. The van der Waals surface area contributed by atoms with Gasteiger partial charge in [0.05, 0.1) is 6.54 Å². The van der Waals surface area contributed by atoms with Gasteiger partial charge in [0, 0.05) is 35.6 Å².